The monoisotopic (exact) mass is 459 g/mol. The Bertz CT molecular complexity index is 1260. The fourth-order valence-electron chi connectivity index (χ4n) is 4.22. The fraction of sp³-hybridized carbons (Fsp3) is 0.333. The molecule has 34 heavy (non-hydrogen) atoms. The number of benzene rings is 2. The number of hydrogen-bond acceptors (Lipinski definition) is 5. The molecule has 0 aliphatic carbocycles. The minimum Gasteiger partial charge on any atom is -0.444 e. The van der Waals surface area contributed by atoms with Crippen molar-refractivity contribution in [3.63, 3.8) is 0 Å². The zero-order valence-corrected chi connectivity index (χ0v) is 19.9. The summed E-state index contributed by atoms with van der Waals surface area (Å²) in [5, 5.41) is 0. The summed E-state index contributed by atoms with van der Waals surface area (Å²) in [6.45, 7) is 7.72. The van der Waals surface area contributed by atoms with E-state index in [0.717, 1.165) is 5.56 Å². The summed E-state index contributed by atoms with van der Waals surface area (Å²) in [6, 6.07) is 17.4. The van der Waals surface area contributed by atoms with E-state index in [1.165, 1.54) is 4.57 Å². The highest BCUT2D eigenvalue weighted by Crippen LogP contribution is 2.25. The summed E-state index contributed by atoms with van der Waals surface area (Å²) in [4.78, 5) is 46.2. The lowest BCUT2D eigenvalue weighted by molar-refractivity contribution is 0.0219. The Balaban J connectivity index is 1.76. The van der Waals surface area contributed by atoms with Crippen molar-refractivity contribution in [2.45, 2.75) is 52.3 Å². The van der Waals surface area contributed by atoms with Gasteiger partial charge >= 0.3 is 6.09 Å². The molecule has 1 aromatic heterocycles. The Kier molecular flexibility index (Phi) is 6.37. The van der Waals surface area contributed by atoms with Crippen LogP contribution in [0.3, 0.4) is 0 Å². The minimum absolute atomic E-state index is 0.176. The summed E-state index contributed by atoms with van der Waals surface area (Å²) < 4.78 is 6.98. The average Bonchev–Trinajstić information content (AvgIpc) is 2.81. The third-order valence-corrected chi connectivity index (χ3v) is 5.77. The molecule has 0 saturated carbocycles. The SMILES string of the molecule is Cc1nc2c(c(=O)n1C(C(=O)c1ccccc1)c1ccccc1)CCN(C(=O)OC(C)(C)C)C2. The number of aryl methyl sites for hydroxylation is 1. The molecule has 7 nitrogen and oxygen atoms in total. The third-order valence-electron chi connectivity index (χ3n) is 5.77. The van der Waals surface area contributed by atoms with Gasteiger partial charge in [0.1, 0.15) is 17.5 Å². The number of fused-ring (bicyclic) bond motifs is 1. The fourth-order valence-corrected chi connectivity index (χ4v) is 4.22. The van der Waals surface area contributed by atoms with E-state index in [1.54, 1.807) is 36.1 Å². The molecule has 0 bridgehead atoms. The van der Waals surface area contributed by atoms with Crippen molar-refractivity contribution in [2.75, 3.05) is 6.54 Å². The maximum absolute atomic E-state index is 13.7. The second-order valence-corrected chi connectivity index (χ2v) is 9.45. The third kappa shape index (κ3) is 4.78. The van der Waals surface area contributed by atoms with Crippen molar-refractivity contribution in [3.05, 3.63) is 99.2 Å². The van der Waals surface area contributed by atoms with Crippen LogP contribution in [0.2, 0.25) is 0 Å². The van der Waals surface area contributed by atoms with Crippen molar-refractivity contribution >= 4 is 11.9 Å². The zero-order chi connectivity index (χ0) is 24.5. The Hall–Kier alpha value is -3.74. The molecule has 1 atom stereocenters. The summed E-state index contributed by atoms with van der Waals surface area (Å²) >= 11 is 0. The van der Waals surface area contributed by atoms with Crippen LogP contribution in [0.4, 0.5) is 4.79 Å². The largest absolute Gasteiger partial charge is 0.444 e. The van der Waals surface area contributed by atoms with Crippen LogP contribution in [0.25, 0.3) is 0 Å². The number of hydrogen-bond donors (Lipinski definition) is 0. The van der Waals surface area contributed by atoms with Crippen molar-refractivity contribution in [1.29, 1.82) is 0 Å². The van der Waals surface area contributed by atoms with Gasteiger partial charge in [-0.2, -0.15) is 0 Å². The maximum atomic E-state index is 13.7. The van der Waals surface area contributed by atoms with E-state index >= 15 is 0 Å². The number of carbonyl (C=O) groups is 2. The van der Waals surface area contributed by atoms with Gasteiger partial charge in [-0.3, -0.25) is 14.2 Å². The standard InChI is InChI=1S/C27H29N3O4/c1-18-28-22-17-29(26(33)34-27(2,3)4)16-15-21(22)25(32)30(18)23(19-11-7-5-8-12-19)24(31)20-13-9-6-10-14-20/h5-14,23H,15-17H2,1-4H3. The summed E-state index contributed by atoms with van der Waals surface area (Å²) in [5.74, 6) is 0.248. The van der Waals surface area contributed by atoms with Gasteiger partial charge in [0.25, 0.3) is 5.56 Å². The van der Waals surface area contributed by atoms with Crippen molar-refractivity contribution < 1.29 is 14.3 Å². The average molecular weight is 460 g/mol. The number of nitrogens with zero attached hydrogens (tertiary/aromatic N) is 3. The minimum atomic E-state index is -0.835. The Morgan fingerprint density at radius 3 is 2.24 bits per heavy atom. The van der Waals surface area contributed by atoms with E-state index in [-0.39, 0.29) is 17.9 Å². The molecule has 2 heterocycles. The van der Waals surface area contributed by atoms with Crippen LogP contribution in [0.1, 0.15) is 59.8 Å². The Labute approximate surface area is 199 Å². The van der Waals surface area contributed by atoms with Gasteiger partial charge in [0.05, 0.1) is 12.2 Å². The molecule has 7 heteroatoms. The number of amides is 1. The molecule has 2 aromatic carbocycles. The van der Waals surface area contributed by atoms with Gasteiger partial charge < -0.3 is 9.64 Å². The van der Waals surface area contributed by atoms with E-state index in [1.807, 2.05) is 57.2 Å². The second kappa shape index (κ2) is 9.25. The summed E-state index contributed by atoms with van der Waals surface area (Å²) in [5.41, 5.74) is 1.47. The molecule has 1 unspecified atom stereocenters. The van der Waals surface area contributed by atoms with Crippen LogP contribution >= 0.6 is 0 Å². The van der Waals surface area contributed by atoms with Gasteiger partial charge in [-0.15, -0.1) is 0 Å². The predicted octanol–water partition coefficient (Wildman–Crippen LogP) is 4.32. The lowest BCUT2D eigenvalue weighted by Gasteiger charge is -2.31. The van der Waals surface area contributed by atoms with E-state index in [4.69, 9.17) is 4.74 Å². The molecule has 4 rings (SSSR count). The zero-order valence-electron chi connectivity index (χ0n) is 19.9. The number of rotatable bonds is 4. The van der Waals surface area contributed by atoms with E-state index in [9.17, 15) is 14.4 Å². The van der Waals surface area contributed by atoms with Crippen molar-refractivity contribution in [3.8, 4) is 0 Å². The summed E-state index contributed by atoms with van der Waals surface area (Å²) in [6.07, 6.45) is -0.0787. The first-order chi connectivity index (χ1) is 16.2. The number of Topliss-reactive ketones (excluding diaryl/α,β-unsaturated/α-hetero) is 1. The van der Waals surface area contributed by atoms with Gasteiger partial charge in [0.2, 0.25) is 0 Å². The molecular weight excluding hydrogens is 430 g/mol. The second-order valence-electron chi connectivity index (χ2n) is 9.45. The quantitative estimate of drug-likeness (QED) is 0.543. The topological polar surface area (TPSA) is 81.5 Å². The highest BCUT2D eigenvalue weighted by Gasteiger charge is 2.32. The highest BCUT2D eigenvalue weighted by molar-refractivity contribution is 6.01. The first-order valence-corrected chi connectivity index (χ1v) is 11.4. The van der Waals surface area contributed by atoms with Crippen LogP contribution in [0, 0.1) is 6.92 Å². The first-order valence-electron chi connectivity index (χ1n) is 11.4. The molecule has 1 amide bonds. The maximum Gasteiger partial charge on any atom is 0.410 e. The molecule has 1 aliphatic rings. The molecule has 1 aliphatic heterocycles. The smallest absolute Gasteiger partial charge is 0.410 e. The van der Waals surface area contributed by atoms with E-state index in [2.05, 4.69) is 4.98 Å². The van der Waals surface area contributed by atoms with Crippen molar-refractivity contribution in [2.24, 2.45) is 0 Å². The normalized spacial score (nSPS) is 14.3. The van der Waals surface area contributed by atoms with Crippen LogP contribution in [-0.2, 0) is 17.7 Å². The number of ketones is 1. The van der Waals surface area contributed by atoms with Crippen LogP contribution in [-0.4, -0.2) is 38.5 Å². The first kappa shape index (κ1) is 23.4. The number of ether oxygens (including phenoxy) is 1. The molecule has 0 radical (unpaired) electrons. The molecule has 0 fully saturated rings. The summed E-state index contributed by atoms with van der Waals surface area (Å²) in [7, 11) is 0. The van der Waals surface area contributed by atoms with Gasteiger partial charge in [-0.25, -0.2) is 9.78 Å². The Morgan fingerprint density at radius 2 is 1.62 bits per heavy atom. The molecule has 0 spiro atoms. The van der Waals surface area contributed by atoms with Crippen LogP contribution in [0.5, 0.6) is 0 Å². The van der Waals surface area contributed by atoms with E-state index in [0.29, 0.717) is 35.6 Å². The van der Waals surface area contributed by atoms with Crippen LogP contribution < -0.4 is 5.56 Å². The van der Waals surface area contributed by atoms with Gasteiger partial charge in [-0.05, 0) is 39.7 Å². The molecular formula is C27H29N3O4. The Morgan fingerprint density at radius 1 is 1.00 bits per heavy atom. The number of aromatic nitrogens is 2. The molecule has 3 aromatic rings. The van der Waals surface area contributed by atoms with E-state index < -0.39 is 17.7 Å². The molecule has 0 saturated heterocycles. The molecule has 0 N–H and O–H groups in total. The van der Waals surface area contributed by atoms with Gasteiger partial charge in [0.15, 0.2) is 5.78 Å². The number of carbonyl (C=O) groups excluding carboxylic acids is 2. The van der Waals surface area contributed by atoms with Gasteiger partial charge in [0, 0.05) is 17.7 Å². The lowest BCUT2D eigenvalue weighted by atomic mass is 9.96. The lowest BCUT2D eigenvalue weighted by Crippen LogP contribution is -2.44. The predicted molar refractivity (Wildman–Crippen MR) is 129 cm³/mol. The molecule has 176 valence electrons. The van der Waals surface area contributed by atoms with Gasteiger partial charge in [-0.1, -0.05) is 60.7 Å². The van der Waals surface area contributed by atoms with Crippen LogP contribution in [0.15, 0.2) is 65.5 Å². The highest BCUT2D eigenvalue weighted by atomic mass is 16.6. The van der Waals surface area contributed by atoms with Crippen molar-refractivity contribution in [1.82, 2.24) is 14.5 Å².